The number of benzene rings is 1. The molecule has 108 valence electrons. The predicted molar refractivity (Wildman–Crippen MR) is 88.7 cm³/mol. The average molecular weight is 290 g/mol. The van der Waals surface area contributed by atoms with Crippen molar-refractivity contribution in [1.29, 1.82) is 0 Å². The highest BCUT2D eigenvalue weighted by atomic mass is 32.2. The molecule has 0 spiro atoms. The second-order valence-electron chi connectivity index (χ2n) is 5.31. The SMILES string of the molecule is CCOc1ccc(NC2=C(C)SC(C)=NC2(C)C)cc1. The highest BCUT2D eigenvalue weighted by molar-refractivity contribution is 8.17. The fourth-order valence-electron chi connectivity index (χ4n) is 2.36. The Balaban J connectivity index is 2.18. The lowest BCUT2D eigenvalue weighted by Crippen LogP contribution is -2.30. The Morgan fingerprint density at radius 2 is 1.85 bits per heavy atom. The van der Waals surface area contributed by atoms with Gasteiger partial charge in [0.1, 0.15) is 5.75 Å². The van der Waals surface area contributed by atoms with Crippen LogP contribution in [0, 0.1) is 0 Å². The van der Waals surface area contributed by atoms with Gasteiger partial charge in [-0.2, -0.15) is 0 Å². The smallest absolute Gasteiger partial charge is 0.119 e. The Kier molecular flexibility index (Phi) is 4.43. The zero-order valence-electron chi connectivity index (χ0n) is 12.8. The maximum atomic E-state index is 5.46. The van der Waals surface area contributed by atoms with Crippen molar-refractivity contribution in [3.05, 3.63) is 34.9 Å². The van der Waals surface area contributed by atoms with Gasteiger partial charge in [-0.25, -0.2) is 0 Å². The summed E-state index contributed by atoms with van der Waals surface area (Å²) < 4.78 is 5.46. The van der Waals surface area contributed by atoms with Gasteiger partial charge < -0.3 is 10.1 Å². The Morgan fingerprint density at radius 3 is 2.40 bits per heavy atom. The van der Waals surface area contributed by atoms with Crippen LogP contribution in [0.25, 0.3) is 0 Å². The van der Waals surface area contributed by atoms with Crippen LogP contribution < -0.4 is 10.1 Å². The number of allylic oxidation sites excluding steroid dienone is 1. The number of aliphatic imine (C=N–C) groups is 1. The highest BCUT2D eigenvalue weighted by Crippen LogP contribution is 2.36. The topological polar surface area (TPSA) is 33.6 Å². The van der Waals surface area contributed by atoms with E-state index in [1.165, 1.54) is 4.91 Å². The third kappa shape index (κ3) is 3.37. The number of ether oxygens (including phenoxy) is 1. The van der Waals surface area contributed by atoms with E-state index in [1.807, 2.05) is 31.2 Å². The van der Waals surface area contributed by atoms with Crippen LogP contribution in [0.3, 0.4) is 0 Å². The molecule has 0 unspecified atom stereocenters. The summed E-state index contributed by atoms with van der Waals surface area (Å²) >= 11 is 1.72. The minimum Gasteiger partial charge on any atom is -0.494 e. The van der Waals surface area contributed by atoms with Crippen LogP contribution in [-0.4, -0.2) is 17.2 Å². The summed E-state index contributed by atoms with van der Waals surface area (Å²) in [6.07, 6.45) is 0. The molecule has 1 aromatic rings. The van der Waals surface area contributed by atoms with E-state index in [2.05, 4.69) is 33.0 Å². The van der Waals surface area contributed by atoms with Gasteiger partial charge in [-0.05, 0) is 58.9 Å². The fraction of sp³-hybridized carbons (Fsp3) is 0.438. The van der Waals surface area contributed by atoms with E-state index in [0.29, 0.717) is 6.61 Å². The minimum absolute atomic E-state index is 0.210. The molecule has 1 aliphatic rings. The first-order valence-corrected chi connectivity index (χ1v) is 7.69. The summed E-state index contributed by atoms with van der Waals surface area (Å²) in [4.78, 5) is 6.00. The van der Waals surface area contributed by atoms with Gasteiger partial charge in [0.2, 0.25) is 0 Å². The molecule has 0 amide bonds. The van der Waals surface area contributed by atoms with Crippen LogP contribution in [0.4, 0.5) is 5.69 Å². The number of hydrogen-bond acceptors (Lipinski definition) is 4. The van der Waals surface area contributed by atoms with E-state index in [-0.39, 0.29) is 5.54 Å². The summed E-state index contributed by atoms with van der Waals surface area (Å²) in [5.41, 5.74) is 2.02. The quantitative estimate of drug-likeness (QED) is 0.874. The first kappa shape index (κ1) is 15.0. The van der Waals surface area contributed by atoms with Gasteiger partial charge in [0, 0.05) is 10.6 Å². The van der Waals surface area contributed by atoms with Crippen LogP contribution in [0.1, 0.15) is 34.6 Å². The second-order valence-corrected chi connectivity index (χ2v) is 6.71. The minimum atomic E-state index is -0.210. The van der Waals surface area contributed by atoms with Gasteiger partial charge in [-0.3, -0.25) is 4.99 Å². The van der Waals surface area contributed by atoms with Crippen LogP contribution in [0.15, 0.2) is 39.9 Å². The van der Waals surface area contributed by atoms with Gasteiger partial charge >= 0.3 is 0 Å². The number of thioether (sulfide) groups is 1. The van der Waals surface area contributed by atoms with E-state index in [4.69, 9.17) is 9.73 Å². The molecule has 0 saturated carbocycles. The molecule has 0 radical (unpaired) electrons. The maximum Gasteiger partial charge on any atom is 0.119 e. The molecule has 0 aromatic heterocycles. The lowest BCUT2D eigenvalue weighted by atomic mass is 10.0. The Morgan fingerprint density at radius 1 is 1.20 bits per heavy atom. The summed E-state index contributed by atoms with van der Waals surface area (Å²) in [6.45, 7) is 11.1. The van der Waals surface area contributed by atoms with Crippen molar-refractivity contribution < 1.29 is 4.74 Å². The second kappa shape index (κ2) is 5.92. The molecular formula is C16H22N2OS. The molecule has 0 saturated heterocycles. The summed E-state index contributed by atoms with van der Waals surface area (Å²) in [5, 5.41) is 4.62. The summed E-state index contributed by atoms with van der Waals surface area (Å²) in [7, 11) is 0. The maximum absolute atomic E-state index is 5.46. The van der Waals surface area contributed by atoms with Crippen molar-refractivity contribution in [3.8, 4) is 5.75 Å². The number of nitrogens with zero attached hydrogens (tertiary/aromatic N) is 1. The molecule has 0 atom stereocenters. The number of anilines is 1. The van der Waals surface area contributed by atoms with E-state index < -0.39 is 0 Å². The van der Waals surface area contributed by atoms with Gasteiger partial charge in [0.25, 0.3) is 0 Å². The van der Waals surface area contributed by atoms with Gasteiger partial charge in [-0.15, -0.1) is 0 Å². The van der Waals surface area contributed by atoms with Crippen molar-refractivity contribution in [2.45, 2.75) is 40.2 Å². The Hall–Kier alpha value is -1.42. The van der Waals surface area contributed by atoms with Gasteiger partial charge in [-0.1, -0.05) is 11.8 Å². The molecular weight excluding hydrogens is 268 g/mol. The zero-order valence-corrected chi connectivity index (χ0v) is 13.6. The Bertz CT molecular complexity index is 544. The van der Waals surface area contributed by atoms with E-state index >= 15 is 0 Å². The summed E-state index contributed by atoms with van der Waals surface area (Å²) in [6, 6.07) is 8.05. The van der Waals surface area contributed by atoms with Crippen molar-refractivity contribution in [1.82, 2.24) is 0 Å². The van der Waals surface area contributed by atoms with Gasteiger partial charge in [0.15, 0.2) is 0 Å². The van der Waals surface area contributed by atoms with Crippen molar-refractivity contribution in [2.75, 3.05) is 11.9 Å². The predicted octanol–water partition coefficient (Wildman–Crippen LogP) is 4.67. The van der Waals surface area contributed by atoms with Crippen molar-refractivity contribution >= 4 is 22.5 Å². The Labute approximate surface area is 125 Å². The average Bonchev–Trinajstić information content (AvgIpc) is 2.35. The van der Waals surface area contributed by atoms with Crippen LogP contribution in [0.5, 0.6) is 5.75 Å². The molecule has 4 heteroatoms. The molecule has 3 nitrogen and oxygen atoms in total. The molecule has 1 aromatic carbocycles. The highest BCUT2D eigenvalue weighted by Gasteiger charge is 2.29. The molecule has 0 bridgehead atoms. The van der Waals surface area contributed by atoms with Crippen LogP contribution in [-0.2, 0) is 0 Å². The lowest BCUT2D eigenvalue weighted by molar-refractivity contribution is 0.340. The zero-order chi connectivity index (χ0) is 14.8. The third-order valence-corrected chi connectivity index (χ3v) is 4.03. The molecule has 1 aliphatic heterocycles. The monoisotopic (exact) mass is 290 g/mol. The lowest BCUT2D eigenvalue weighted by Gasteiger charge is -2.31. The molecule has 1 N–H and O–H groups in total. The van der Waals surface area contributed by atoms with Gasteiger partial charge in [0.05, 0.1) is 22.9 Å². The summed E-state index contributed by atoms with van der Waals surface area (Å²) in [5.74, 6) is 0.898. The normalized spacial score (nSPS) is 17.8. The first-order valence-electron chi connectivity index (χ1n) is 6.88. The van der Waals surface area contributed by atoms with E-state index in [0.717, 1.165) is 22.2 Å². The standard InChI is InChI=1S/C16H22N2OS/c1-6-19-14-9-7-13(8-10-14)17-15-11(2)20-12(3)18-16(15,4)5/h7-10,17H,6H2,1-5H3. The van der Waals surface area contributed by atoms with Crippen molar-refractivity contribution in [3.63, 3.8) is 0 Å². The van der Waals surface area contributed by atoms with E-state index in [1.54, 1.807) is 11.8 Å². The molecule has 1 heterocycles. The van der Waals surface area contributed by atoms with Crippen molar-refractivity contribution in [2.24, 2.45) is 4.99 Å². The molecule has 20 heavy (non-hydrogen) atoms. The molecule has 0 aliphatic carbocycles. The van der Waals surface area contributed by atoms with Crippen LogP contribution in [0.2, 0.25) is 0 Å². The fourth-order valence-corrected chi connectivity index (χ4v) is 3.48. The third-order valence-electron chi connectivity index (χ3n) is 3.14. The number of nitrogens with one attached hydrogen (secondary N) is 1. The molecule has 2 rings (SSSR count). The largest absolute Gasteiger partial charge is 0.494 e. The van der Waals surface area contributed by atoms with Crippen LogP contribution >= 0.6 is 11.8 Å². The van der Waals surface area contributed by atoms with E-state index in [9.17, 15) is 0 Å². The molecule has 0 fully saturated rings. The number of rotatable bonds is 4. The number of hydrogen-bond donors (Lipinski definition) is 1. The first-order chi connectivity index (χ1) is 9.42.